The van der Waals surface area contributed by atoms with Gasteiger partial charge in [-0.1, -0.05) is 0 Å². The molecule has 2 heterocycles. The van der Waals surface area contributed by atoms with Crippen LogP contribution in [0.2, 0.25) is 0 Å². The Balaban J connectivity index is 2.44. The van der Waals surface area contributed by atoms with Crippen LogP contribution in [0.15, 0.2) is 18.9 Å². The summed E-state index contributed by atoms with van der Waals surface area (Å²) < 4.78 is 0. The van der Waals surface area contributed by atoms with E-state index in [0.717, 1.165) is 0 Å². The van der Waals surface area contributed by atoms with E-state index < -0.39 is 0 Å². The summed E-state index contributed by atoms with van der Waals surface area (Å²) >= 11 is 0. The maximum absolute atomic E-state index is 8.44. The average Bonchev–Trinajstić information content (AvgIpc) is 2.75. The molecule has 58 valence electrons. The number of rotatable bonds is 1. The molecule has 7 nitrogen and oxygen atoms in total. The van der Waals surface area contributed by atoms with Gasteiger partial charge in [-0.05, 0) is 5.21 Å². The fourth-order valence-corrected chi connectivity index (χ4v) is 0.714. The fourth-order valence-electron chi connectivity index (χ4n) is 0.714. The lowest BCUT2D eigenvalue weighted by atomic mass is 10.6. The molecular formula is C5H3N7. The van der Waals surface area contributed by atoms with Crippen LogP contribution in [-0.4, -0.2) is 30.0 Å². The molecule has 12 heavy (non-hydrogen) atoms. The van der Waals surface area contributed by atoms with E-state index in [1.165, 1.54) is 28.4 Å². The van der Waals surface area contributed by atoms with Gasteiger partial charge in [-0.3, -0.25) is 0 Å². The molecule has 0 N–H and O–H groups in total. The third kappa shape index (κ3) is 0.911. The van der Waals surface area contributed by atoms with Gasteiger partial charge < -0.3 is 0 Å². The van der Waals surface area contributed by atoms with Gasteiger partial charge in [0.25, 0.3) is 0 Å². The van der Waals surface area contributed by atoms with Gasteiger partial charge in [-0.2, -0.15) is 5.26 Å². The predicted octanol–water partition coefficient (Wildman–Crippen LogP) is -0.947. The van der Waals surface area contributed by atoms with Crippen molar-refractivity contribution >= 4 is 0 Å². The van der Waals surface area contributed by atoms with Crippen molar-refractivity contribution in [2.24, 2.45) is 0 Å². The summed E-state index contributed by atoms with van der Waals surface area (Å²) in [5.74, 6) is 0. The predicted molar refractivity (Wildman–Crippen MR) is 35.6 cm³/mol. The number of nitriles is 1. The summed E-state index contributed by atoms with van der Waals surface area (Å²) in [6.45, 7) is 0. The highest BCUT2D eigenvalue weighted by atomic mass is 15.7. The van der Waals surface area contributed by atoms with E-state index in [-0.39, 0.29) is 5.69 Å². The third-order valence-electron chi connectivity index (χ3n) is 1.21. The number of aromatic nitrogens is 6. The third-order valence-corrected chi connectivity index (χ3v) is 1.21. The van der Waals surface area contributed by atoms with Crippen LogP contribution in [0.4, 0.5) is 0 Å². The Hall–Kier alpha value is -2.23. The van der Waals surface area contributed by atoms with Crippen molar-refractivity contribution in [3.63, 3.8) is 0 Å². The van der Waals surface area contributed by atoms with Crippen LogP contribution < -0.4 is 0 Å². The molecule has 2 rings (SSSR count). The molecule has 0 bridgehead atoms. The first-order valence-corrected chi connectivity index (χ1v) is 3.08. The second-order valence-corrected chi connectivity index (χ2v) is 1.95. The second kappa shape index (κ2) is 2.43. The molecule has 0 radical (unpaired) electrons. The van der Waals surface area contributed by atoms with E-state index in [4.69, 9.17) is 5.26 Å². The first-order valence-electron chi connectivity index (χ1n) is 3.08. The van der Waals surface area contributed by atoms with E-state index in [0.29, 0.717) is 0 Å². The summed E-state index contributed by atoms with van der Waals surface area (Å²) in [5, 5.41) is 19.4. The zero-order valence-electron chi connectivity index (χ0n) is 5.86. The molecule has 0 fully saturated rings. The normalized spacial score (nSPS) is 9.58. The van der Waals surface area contributed by atoms with Crippen LogP contribution >= 0.6 is 0 Å². The Morgan fingerprint density at radius 2 is 2.33 bits per heavy atom. The van der Waals surface area contributed by atoms with Crippen molar-refractivity contribution in [2.45, 2.75) is 0 Å². The van der Waals surface area contributed by atoms with Gasteiger partial charge >= 0.3 is 0 Å². The molecule has 0 amide bonds. The number of nitrogens with zero attached hydrogens (tertiary/aromatic N) is 7. The average molecular weight is 161 g/mol. The van der Waals surface area contributed by atoms with Crippen LogP contribution in [0.25, 0.3) is 0 Å². The Morgan fingerprint density at radius 1 is 1.42 bits per heavy atom. The van der Waals surface area contributed by atoms with Crippen LogP contribution in [0.1, 0.15) is 5.69 Å². The van der Waals surface area contributed by atoms with Crippen molar-refractivity contribution in [3.8, 4) is 6.07 Å². The molecule has 0 aliphatic heterocycles. The van der Waals surface area contributed by atoms with Crippen molar-refractivity contribution < 1.29 is 0 Å². The summed E-state index contributed by atoms with van der Waals surface area (Å²) in [7, 11) is 0. The van der Waals surface area contributed by atoms with Crippen LogP contribution in [-0.2, 0) is 0 Å². The van der Waals surface area contributed by atoms with Gasteiger partial charge in [0.1, 0.15) is 18.7 Å². The van der Waals surface area contributed by atoms with Crippen LogP contribution in [0, 0.1) is 11.3 Å². The maximum Gasteiger partial charge on any atom is 0.184 e. The largest absolute Gasteiger partial charge is 0.221 e. The fraction of sp³-hybridized carbons (Fsp3) is 0. The SMILES string of the molecule is N#Cc1cn(-n2cncn2)nn1. The Kier molecular flexibility index (Phi) is 1.31. The summed E-state index contributed by atoms with van der Waals surface area (Å²) in [5.41, 5.74) is 0.241. The smallest absolute Gasteiger partial charge is 0.184 e. The highest BCUT2D eigenvalue weighted by Crippen LogP contribution is 1.89. The topological polar surface area (TPSA) is 85.2 Å². The Morgan fingerprint density at radius 3 is 2.92 bits per heavy atom. The van der Waals surface area contributed by atoms with Crippen LogP contribution in [0.5, 0.6) is 0 Å². The van der Waals surface area contributed by atoms with Crippen molar-refractivity contribution in [1.29, 1.82) is 5.26 Å². The second-order valence-electron chi connectivity index (χ2n) is 1.95. The Labute approximate surface area is 66.8 Å². The van der Waals surface area contributed by atoms with E-state index in [9.17, 15) is 0 Å². The summed E-state index contributed by atoms with van der Waals surface area (Å²) in [6.07, 6.45) is 4.28. The van der Waals surface area contributed by atoms with Crippen molar-refractivity contribution in [3.05, 3.63) is 24.5 Å². The van der Waals surface area contributed by atoms with Gasteiger partial charge in [-0.25, -0.2) is 4.98 Å². The van der Waals surface area contributed by atoms with Gasteiger partial charge in [0.15, 0.2) is 5.69 Å². The van der Waals surface area contributed by atoms with E-state index in [2.05, 4.69) is 20.4 Å². The lowest BCUT2D eigenvalue weighted by Crippen LogP contribution is -2.09. The Bertz CT molecular complexity index is 405. The molecule has 0 unspecified atom stereocenters. The highest BCUT2D eigenvalue weighted by Gasteiger charge is 1.99. The zero-order valence-corrected chi connectivity index (χ0v) is 5.86. The van der Waals surface area contributed by atoms with Crippen molar-refractivity contribution in [1.82, 2.24) is 30.0 Å². The first kappa shape index (κ1) is 6.48. The molecule has 7 heteroatoms. The molecule has 0 aliphatic carbocycles. The van der Waals surface area contributed by atoms with E-state index >= 15 is 0 Å². The standard InChI is InChI=1S/C5H3N7/c6-1-5-2-11(10-9-5)12-4-7-3-8-12/h2-4H. The molecule has 0 atom stereocenters. The van der Waals surface area contributed by atoms with E-state index in [1.807, 2.05) is 6.07 Å². The molecule has 0 saturated heterocycles. The van der Waals surface area contributed by atoms with Gasteiger partial charge in [-0.15, -0.1) is 19.8 Å². The lowest BCUT2D eigenvalue weighted by Gasteiger charge is -1.93. The highest BCUT2D eigenvalue weighted by molar-refractivity contribution is 5.12. The van der Waals surface area contributed by atoms with Crippen molar-refractivity contribution in [2.75, 3.05) is 0 Å². The number of hydrogen-bond donors (Lipinski definition) is 0. The first-order chi connectivity index (χ1) is 5.90. The monoisotopic (exact) mass is 161 g/mol. The van der Waals surface area contributed by atoms with E-state index in [1.54, 1.807) is 0 Å². The zero-order chi connectivity index (χ0) is 8.39. The molecule has 2 aromatic heterocycles. The number of hydrogen-bond acceptors (Lipinski definition) is 5. The van der Waals surface area contributed by atoms with Gasteiger partial charge in [0.05, 0.1) is 6.20 Å². The van der Waals surface area contributed by atoms with Gasteiger partial charge in [0, 0.05) is 0 Å². The summed E-state index contributed by atoms with van der Waals surface area (Å²) in [4.78, 5) is 6.38. The maximum atomic E-state index is 8.44. The molecule has 0 aromatic carbocycles. The lowest BCUT2D eigenvalue weighted by molar-refractivity contribution is 0.489. The quantitative estimate of drug-likeness (QED) is 0.538. The molecule has 0 spiro atoms. The minimum absolute atomic E-state index is 0.241. The van der Waals surface area contributed by atoms with Crippen LogP contribution in [0.3, 0.4) is 0 Å². The molecular weight excluding hydrogens is 158 g/mol. The molecule has 2 aromatic rings. The molecule has 0 saturated carbocycles. The minimum atomic E-state index is 0.241. The van der Waals surface area contributed by atoms with Gasteiger partial charge in [0.2, 0.25) is 0 Å². The molecule has 0 aliphatic rings. The minimum Gasteiger partial charge on any atom is -0.221 e. The summed E-state index contributed by atoms with van der Waals surface area (Å²) in [6, 6.07) is 1.85.